The second kappa shape index (κ2) is 8.61. The van der Waals surface area contributed by atoms with Gasteiger partial charge in [0.15, 0.2) is 0 Å². The highest BCUT2D eigenvalue weighted by atomic mass is 79.9. The molecule has 21 heavy (non-hydrogen) atoms. The summed E-state index contributed by atoms with van der Waals surface area (Å²) in [5, 5.41) is 0.512. The molecule has 0 unspecified atom stereocenters. The topological polar surface area (TPSA) is 25.2 Å². The zero-order valence-corrected chi connectivity index (χ0v) is 15.2. The van der Waals surface area contributed by atoms with Crippen molar-refractivity contribution in [3.63, 3.8) is 0 Å². The molecule has 2 nitrogen and oxygen atoms in total. The quantitative estimate of drug-likeness (QED) is 0.487. The van der Waals surface area contributed by atoms with Crippen LogP contribution in [0.2, 0.25) is 0 Å². The number of pyridine rings is 1. The van der Waals surface area contributed by atoms with Gasteiger partial charge in [-0.15, -0.1) is 0 Å². The summed E-state index contributed by atoms with van der Waals surface area (Å²) in [5.74, 6) is 0.923. The third-order valence-corrected chi connectivity index (χ3v) is 5.23. The normalized spacial score (nSPS) is 11.9. The third-order valence-electron chi connectivity index (χ3n) is 2.48. The van der Waals surface area contributed by atoms with Gasteiger partial charge in [0.1, 0.15) is 4.38 Å². The fourth-order valence-electron chi connectivity index (χ4n) is 1.55. The highest BCUT2D eigenvalue weighted by Gasteiger charge is 2.06. The van der Waals surface area contributed by atoms with Gasteiger partial charge in [0.05, 0.1) is 11.9 Å². The number of halogens is 1. The standard InChI is InChI=1S/C16H17BrN2S2/c1-12(2)21-16(19-15-4-3-9-18-10-15)20-11-13-5-7-14(17)8-6-13/h3-10,12H,11H2,1-2H3. The Balaban J connectivity index is 2.06. The van der Waals surface area contributed by atoms with Crippen molar-refractivity contribution >= 4 is 49.5 Å². The second-order valence-electron chi connectivity index (χ2n) is 4.67. The van der Waals surface area contributed by atoms with Gasteiger partial charge in [-0.05, 0) is 29.8 Å². The molecule has 0 amide bonds. The number of hydrogen-bond acceptors (Lipinski definition) is 4. The molecule has 0 fully saturated rings. The smallest absolute Gasteiger partial charge is 0.131 e. The summed E-state index contributed by atoms with van der Waals surface area (Å²) in [7, 11) is 0. The maximum Gasteiger partial charge on any atom is 0.131 e. The van der Waals surface area contributed by atoms with Crippen molar-refractivity contribution in [1.82, 2.24) is 4.98 Å². The minimum atomic E-state index is 0.512. The lowest BCUT2D eigenvalue weighted by molar-refractivity contribution is 1.12. The number of nitrogens with zero attached hydrogens (tertiary/aromatic N) is 2. The van der Waals surface area contributed by atoms with E-state index < -0.39 is 0 Å². The Morgan fingerprint density at radius 3 is 2.62 bits per heavy atom. The van der Waals surface area contributed by atoms with E-state index in [1.165, 1.54) is 5.56 Å². The molecule has 0 bridgehead atoms. The zero-order chi connectivity index (χ0) is 15.1. The van der Waals surface area contributed by atoms with E-state index >= 15 is 0 Å². The van der Waals surface area contributed by atoms with Crippen LogP contribution in [0.15, 0.2) is 58.3 Å². The Hall–Kier alpha value is -0.780. The average Bonchev–Trinajstić information content (AvgIpc) is 2.47. The summed E-state index contributed by atoms with van der Waals surface area (Å²) in [6.45, 7) is 4.37. The molecule has 0 aliphatic rings. The Labute approximate surface area is 143 Å². The van der Waals surface area contributed by atoms with Crippen LogP contribution < -0.4 is 0 Å². The molecular formula is C16H17BrN2S2. The van der Waals surface area contributed by atoms with Crippen molar-refractivity contribution in [2.45, 2.75) is 24.9 Å². The average molecular weight is 381 g/mol. The lowest BCUT2D eigenvalue weighted by Gasteiger charge is -2.09. The molecular weight excluding hydrogens is 364 g/mol. The first-order valence-corrected chi connectivity index (χ1v) is 9.32. The molecule has 2 aromatic rings. The van der Waals surface area contributed by atoms with Crippen LogP contribution >= 0.6 is 39.5 Å². The maximum atomic E-state index is 4.70. The van der Waals surface area contributed by atoms with Crippen molar-refractivity contribution in [2.24, 2.45) is 4.99 Å². The van der Waals surface area contributed by atoms with E-state index in [1.807, 2.05) is 12.1 Å². The summed E-state index contributed by atoms with van der Waals surface area (Å²) in [6, 6.07) is 12.3. The molecule has 0 saturated heterocycles. The largest absolute Gasteiger partial charge is 0.262 e. The van der Waals surface area contributed by atoms with Crippen molar-refractivity contribution in [3.05, 3.63) is 58.8 Å². The monoisotopic (exact) mass is 380 g/mol. The molecule has 1 aromatic carbocycles. The SMILES string of the molecule is CC(C)SC(=Nc1cccnc1)SCc1ccc(Br)cc1. The molecule has 110 valence electrons. The first-order valence-electron chi connectivity index (χ1n) is 6.66. The van der Waals surface area contributed by atoms with Gasteiger partial charge >= 0.3 is 0 Å². The molecule has 5 heteroatoms. The van der Waals surface area contributed by atoms with Crippen molar-refractivity contribution in [3.8, 4) is 0 Å². The van der Waals surface area contributed by atoms with Gasteiger partial charge in [-0.1, -0.05) is 65.4 Å². The fraction of sp³-hybridized carbons (Fsp3) is 0.250. The molecule has 0 spiro atoms. The van der Waals surface area contributed by atoms with E-state index in [0.717, 1.165) is 20.3 Å². The van der Waals surface area contributed by atoms with Crippen molar-refractivity contribution in [2.75, 3.05) is 0 Å². The number of rotatable bonds is 4. The Morgan fingerprint density at radius 1 is 1.24 bits per heavy atom. The van der Waals surface area contributed by atoms with Crippen LogP contribution in [0.25, 0.3) is 0 Å². The summed E-state index contributed by atoms with van der Waals surface area (Å²) in [4.78, 5) is 8.82. The van der Waals surface area contributed by atoms with Crippen LogP contribution in [0.3, 0.4) is 0 Å². The second-order valence-corrected chi connectivity index (χ2v) is 8.37. The lowest BCUT2D eigenvalue weighted by atomic mass is 10.2. The first-order chi connectivity index (χ1) is 10.1. The molecule has 0 atom stereocenters. The Kier molecular flexibility index (Phi) is 6.80. The van der Waals surface area contributed by atoms with E-state index in [-0.39, 0.29) is 0 Å². The molecule has 0 aliphatic heterocycles. The number of hydrogen-bond donors (Lipinski definition) is 0. The van der Waals surface area contributed by atoms with E-state index in [2.05, 4.69) is 59.0 Å². The van der Waals surface area contributed by atoms with Crippen molar-refractivity contribution < 1.29 is 0 Å². The molecule has 1 heterocycles. The molecule has 0 N–H and O–H groups in total. The number of thioether (sulfide) groups is 2. The van der Waals surface area contributed by atoms with E-state index in [4.69, 9.17) is 4.99 Å². The van der Waals surface area contributed by atoms with E-state index in [1.54, 1.807) is 35.9 Å². The number of aromatic nitrogens is 1. The Morgan fingerprint density at radius 2 is 2.00 bits per heavy atom. The predicted molar refractivity (Wildman–Crippen MR) is 99.5 cm³/mol. The highest BCUT2D eigenvalue weighted by Crippen LogP contribution is 2.28. The molecule has 1 aromatic heterocycles. The van der Waals surface area contributed by atoms with Gasteiger partial charge in [-0.25, -0.2) is 4.99 Å². The minimum Gasteiger partial charge on any atom is -0.262 e. The van der Waals surface area contributed by atoms with Gasteiger partial charge in [0.25, 0.3) is 0 Å². The summed E-state index contributed by atoms with van der Waals surface area (Å²) >= 11 is 7.03. The maximum absolute atomic E-state index is 4.70. The molecule has 2 rings (SSSR count). The fourth-order valence-corrected chi connectivity index (χ4v) is 4.05. The van der Waals surface area contributed by atoms with Gasteiger partial charge in [0.2, 0.25) is 0 Å². The molecule has 0 aliphatic carbocycles. The van der Waals surface area contributed by atoms with Gasteiger partial charge in [-0.3, -0.25) is 4.98 Å². The first kappa shape index (κ1) is 16.6. The highest BCUT2D eigenvalue weighted by molar-refractivity contribution is 9.10. The minimum absolute atomic E-state index is 0.512. The van der Waals surface area contributed by atoms with E-state index in [9.17, 15) is 0 Å². The molecule has 0 radical (unpaired) electrons. The Bertz CT molecular complexity index is 583. The number of benzene rings is 1. The van der Waals surface area contributed by atoms with Crippen LogP contribution in [0, 0.1) is 0 Å². The summed E-state index contributed by atoms with van der Waals surface area (Å²) in [6.07, 6.45) is 3.56. The molecule has 0 saturated carbocycles. The third kappa shape index (κ3) is 6.24. The van der Waals surface area contributed by atoms with Gasteiger partial charge in [-0.2, -0.15) is 0 Å². The van der Waals surface area contributed by atoms with Gasteiger partial charge < -0.3 is 0 Å². The predicted octanol–water partition coefficient (Wildman–Crippen LogP) is 5.91. The summed E-state index contributed by atoms with van der Waals surface area (Å²) < 4.78 is 2.19. The zero-order valence-electron chi connectivity index (χ0n) is 12.0. The van der Waals surface area contributed by atoms with Crippen LogP contribution in [0.5, 0.6) is 0 Å². The number of aliphatic imine (C=N–C) groups is 1. The lowest BCUT2D eigenvalue weighted by Crippen LogP contribution is -1.95. The van der Waals surface area contributed by atoms with Gasteiger partial charge in [0, 0.05) is 21.7 Å². The van der Waals surface area contributed by atoms with Crippen LogP contribution in [-0.4, -0.2) is 14.6 Å². The van der Waals surface area contributed by atoms with Crippen LogP contribution in [0.4, 0.5) is 5.69 Å². The van der Waals surface area contributed by atoms with Crippen molar-refractivity contribution in [1.29, 1.82) is 0 Å². The van der Waals surface area contributed by atoms with E-state index in [0.29, 0.717) is 5.25 Å². The summed E-state index contributed by atoms with van der Waals surface area (Å²) in [5.41, 5.74) is 2.20. The van der Waals surface area contributed by atoms with Crippen LogP contribution in [0.1, 0.15) is 19.4 Å². The van der Waals surface area contributed by atoms with Crippen LogP contribution in [-0.2, 0) is 5.75 Å².